The molecule has 0 aliphatic carbocycles. The Bertz CT molecular complexity index is 584. The van der Waals surface area contributed by atoms with Gasteiger partial charge in [-0.25, -0.2) is 0 Å². The predicted octanol–water partition coefficient (Wildman–Crippen LogP) is 4.90. The lowest BCUT2D eigenvalue weighted by atomic mass is 10.1. The quantitative estimate of drug-likeness (QED) is 0.731. The van der Waals surface area contributed by atoms with Gasteiger partial charge in [0.1, 0.15) is 5.78 Å². The molecule has 0 aromatic heterocycles. The standard InChI is InChI=1S/C15H12Cl2OS/c16-12-5-3-6-14(9-12)19-10-13(18)8-11-4-1-2-7-15(11)17/h1-7,9H,8,10H2. The van der Waals surface area contributed by atoms with Gasteiger partial charge in [-0.3, -0.25) is 4.79 Å². The van der Waals surface area contributed by atoms with Gasteiger partial charge in [0, 0.05) is 21.4 Å². The van der Waals surface area contributed by atoms with Crippen molar-refractivity contribution in [3.8, 4) is 0 Å². The molecule has 2 rings (SSSR count). The summed E-state index contributed by atoms with van der Waals surface area (Å²) >= 11 is 13.4. The normalized spacial score (nSPS) is 10.4. The first-order valence-corrected chi connectivity index (χ1v) is 7.53. The van der Waals surface area contributed by atoms with Crippen LogP contribution in [0.3, 0.4) is 0 Å². The Morgan fingerprint density at radius 1 is 1.05 bits per heavy atom. The molecule has 0 heterocycles. The number of rotatable bonds is 5. The van der Waals surface area contributed by atoms with Crippen molar-refractivity contribution in [1.82, 2.24) is 0 Å². The zero-order chi connectivity index (χ0) is 13.7. The molecule has 4 heteroatoms. The highest BCUT2D eigenvalue weighted by Gasteiger charge is 2.07. The zero-order valence-corrected chi connectivity index (χ0v) is 12.4. The molecule has 2 aromatic carbocycles. The summed E-state index contributed by atoms with van der Waals surface area (Å²) in [7, 11) is 0. The molecule has 0 saturated heterocycles. The minimum Gasteiger partial charge on any atom is -0.298 e. The first-order valence-electron chi connectivity index (χ1n) is 5.78. The van der Waals surface area contributed by atoms with E-state index in [1.807, 2.05) is 42.5 Å². The highest BCUT2D eigenvalue weighted by Crippen LogP contribution is 2.22. The lowest BCUT2D eigenvalue weighted by molar-refractivity contribution is -0.116. The average molecular weight is 311 g/mol. The number of Topliss-reactive ketones (excluding diaryl/α,β-unsaturated/α-hetero) is 1. The molecule has 0 radical (unpaired) electrons. The van der Waals surface area contributed by atoms with E-state index >= 15 is 0 Å². The van der Waals surface area contributed by atoms with E-state index in [1.165, 1.54) is 11.8 Å². The summed E-state index contributed by atoms with van der Waals surface area (Å²) in [6.45, 7) is 0. The molecule has 0 N–H and O–H groups in total. The van der Waals surface area contributed by atoms with E-state index in [1.54, 1.807) is 6.07 Å². The van der Waals surface area contributed by atoms with Crippen molar-refractivity contribution < 1.29 is 4.79 Å². The van der Waals surface area contributed by atoms with Crippen LogP contribution in [0.2, 0.25) is 10.0 Å². The lowest BCUT2D eigenvalue weighted by Gasteiger charge is -2.04. The zero-order valence-electron chi connectivity index (χ0n) is 10.1. The first-order chi connectivity index (χ1) is 9.15. The highest BCUT2D eigenvalue weighted by atomic mass is 35.5. The monoisotopic (exact) mass is 310 g/mol. The van der Waals surface area contributed by atoms with Crippen molar-refractivity contribution in [1.29, 1.82) is 0 Å². The van der Waals surface area contributed by atoms with E-state index in [-0.39, 0.29) is 5.78 Å². The molecule has 0 bridgehead atoms. The topological polar surface area (TPSA) is 17.1 Å². The lowest BCUT2D eigenvalue weighted by Crippen LogP contribution is -2.05. The summed E-state index contributed by atoms with van der Waals surface area (Å²) in [6.07, 6.45) is 0.368. The van der Waals surface area contributed by atoms with E-state index < -0.39 is 0 Å². The van der Waals surface area contributed by atoms with Crippen LogP contribution in [0.15, 0.2) is 53.4 Å². The van der Waals surface area contributed by atoms with Crippen molar-refractivity contribution in [3.63, 3.8) is 0 Å². The summed E-state index contributed by atoms with van der Waals surface area (Å²) in [4.78, 5) is 12.9. The Morgan fingerprint density at radius 2 is 1.84 bits per heavy atom. The number of hydrogen-bond acceptors (Lipinski definition) is 2. The Kier molecular flexibility index (Phi) is 5.32. The van der Waals surface area contributed by atoms with Crippen LogP contribution in [0.4, 0.5) is 0 Å². The summed E-state index contributed by atoms with van der Waals surface area (Å²) < 4.78 is 0. The van der Waals surface area contributed by atoms with Crippen LogP contribution in [0, 0.1) is 0 Å². The molecule has 19 heavy (non-hydrogen) atoms. The molecule has 0 spiro atoms. The van der Waals surface area contributed by atoms with Gasteiger partial charge in [-0.2, -0.15) is 0 Å². The Morgan fingerprint density at radius 3 is 2.58 bits per heavy atom. The van der Waals surface area contributed by atoms with Crippen LogP contribution >= 0.6 is 35.0 Å². The number of carbonyl (C=O) groups is 1. The SMILES string of the molecule is O=C(CSc1cccc(Cl)c1)Cc1ccccc1Cl. The van der Waals surface area contributed by atoms with E-state index in [0.29, 0.717) is 22.2 Å². The van der Waals surface area contributed by atoms with Crippen LogP contribution in [-0.4, -0.2) is 11.5 Å². The average Bonchev–Trinajstić information content (AvgIpc) is 2.39. The molecule has 0 saturated carbocycles. The Hall–Kier alpha value is -0.960. The maximum absolute atomic E-state index is 11.9. The smallest absolute Gasteiger partial charge is 0.147 e. The van der Waals surface area contributed by atoms with Gasteiger partial charge in [0.05, 0.1) is 5.75 Å². The molecule has 0 atom stereocenters. The summed E-state index contributed by atoms with van der Waals surface area (Å²) in [5.74, 6) is 0.573. The molecule has 0 amide bonds. The number of carbonyl (C=O) groups excluding carboxylic acids is 1. The largest absolute Gasteiger partial charge is 0.298 e. The molecule has 0 fully saturated rings. The minimum atomic E-state index is 0.151. The van der Waals surface area contributed by atoms with Crippen molar-refractivity contribution in [3.05, 3.63) is 64.1 Å². The van der Waals surface area contributed by atoms with Crippen LogP contribution in [0.1, 0.15) is 5.56 Å². The van der Waals surface area contributed by atoms with Gasteiger partial charge < -0.3 is 0 Å². The Balaban J connectivity index is 1.90. The number of halogens is 2. The van der Waals surface area contributed by atoms with Gasteiger partial charge in [0.2, 0.25) is 0 Å². The second-order valence-corrected chi connectivity index (χ2v) is 5.95. The fourth-order valence-corrected chi connectivity index (χ4v) is 2.90. The third kappa shape index (κ3) is 4.57. The van der Waals surface area contributed by atoms with E-state index in [0.717, 1.165) is 10.5 Å². The van der Waals surface area contributed by atoms with Crippen molar-refractivity contribution in [2.45, 2.75) is 11.3 Å². The third-order valence-corrected chi connectivity index (χ3v) is 4.20. The molecular formula is C15H12Cl2OS. The number of benzene rings is 2. The predicted molar refractivity (Wildman–Crippen MR) is 82.3 cm³/mol. The van der Waals surface area contributed by atoms with Crippen LogP contribution in [-0.2, 0) is 11.2 Å². The van der Waals surface area contributed by atoms with Crippen molar-refractivity contribution >= 4 is 40.7 Å². The van der Waals surface area contributed by atoms with Gasteiger partial charge in [-0.1, -0.05) is 47.5 Å². The van der Waals surface area contributed by atoms with Gasteiger partial charge in [0.25, 0.3) is 0 Å². The fourth-order valence-electron chi connectivity index (χ4n) is 1.63. The van der Waals surface area contributed by atoms with E-state index in [2.05, 4.69) is 0 Å². The highest BCUT2D eigenvalue weighted by molar-refractivity contribution is 8.00. The maximum Gasteiger partial charge on any atom is 0.147 e. The summed E-state index contributed by atoms with van der Waals surface area (Å²) in [5, 5.41) is 1.33. The first kappa shape index (κ1) is 14.4. The van der Waals surface area contributed by atoms with Crippen LogP contribution in [0.5, 0.6) is 0 Å². The van der Waals surface area contributed by atoms with Gasteiger partial charge in [-0.15, -0.1) is 11.8 Å². The molecule has 0 unspecified atom stereocenters. The maximum atomic E-state index is 11.9. The van der Waals surface area contributed by atoms with Crippen molar-refractivity contribution in [2.24, 2.45) is 0 Å². The molecule has 0 aliphatic heterocycles. The number of ketones is 1. The fraction of sp³-hybridized carbons (Fsp3) is 0.133. The number of thioether (sulfide) groups is 1. The van der Waals surface area contributed by atoms with Gasteiger partial charge in [0.15, 0.2) is 0 Å². The Labute approximate surface area is 126 Å². The van der Waals surface area contributed by atoms with Gasteiger partial charge in [-0.05, 0) is 29.8 Å². The van der Waals surface area contributed by atoms with E-state index in [4.69, 9.17) is 23.2 Å². The number of hydrogen-bond donors (Lipinski definition) is 0. The third-order valence-electron chi connectivity index (χ3n) is 2.54. The second kappa shape index (κ2) is 6.99. The summed E-state index contributed by atoms with van der Waals surface area (Å²) in [5.41, 5.74) is 0.876. The molecule has 1 nitrogen and oxygen atoms in total. The molecule has 0 aliphatic rings. The summed E-state index contributed by atoms with van der Waals surface area (Å²) in [6, 6.07) is 14.9. The molecule has 2 aromatic rings. The van der Waals surface area contributed by atoms with Crippen molar-refractivity contribution in [2.75, 3.05) is 5.75 Å². The van der Waals surface area contributed by atoms with E-state index in [9.17, 15) is 4.79 Å². The minimum absolute atomic E-state index is 0.151. The van der Waals surface area contributed by atoms with Crippen LogP contribution < -0.4 is 0 Å². The van der Waals surface area contributed by atoms with Crippen LogP contribution in [0.25, 0.3) is 0 Å². The van der Waals surface area contributed by atoms with Gasteiger partial charge >= 0.3 is 0 Å². The molecule has 98 valence electrons. The molecular weight excluding hydrogens is 299 g/mol. The second-order valence-electron chi connectivity index (χ2n) is 4.05.